The maximum absolute atomic E-state index is 14.0. The van der Waals surface area contributed by atoms with Crippen molar-refractivity contribution < 1.29 is 23.5 Å². The molecule has 1 atom stereocenters. The number of benzene rings is 1. The van der Waals surface area contributed by atoms with Gasteiger partial charge in [-0.25, -0.2) is 0 Å². The average Bonchev–Trinajstić information content (AvgIpc) is 3.60. The SMILES string of the molecule is CCOc1ccccc1N(C(=O)c1snc(C(N)=O)c1N)[C@H](C(=O)NC1CCCC1)c1ccco1. The molecule has 1 aromatic carbocycles. The lowest BCUT2D eigenvalue weighted by atomic mass is 10.1. The van der Waals surface area contributed by atoms with Gasteiger partial charge in [0, 0.05) is 6.04 Å². The molecule has 0 unspecified atom stereocenters. The minimum absolute atomic E-state index is 0.00832. The van der Waals surface area contributed by atoms with Gasteiger partial charge in [-0.05, 0) is 55.6 Å². The maximum Gasteiger partial charge on any atom is 0.273 e. The van der Waals surface area contributed by atoms with Crippen molar-refractivity contribution in [2.45, 2.75) is 44.7 Å². The molecule has 2 aromatic heterocycles. The van der Waals surface area contributed by atoms with E-state index >= 15 is 0 Å². The van der Waals surface area contributed by atoms with Crippen LogP contribution in [0.2, 0.25) is 0 Å². The highest BCUT2D eigenvalue weighted by atomic mass is 32.1. The van der Waals surface area contributed by atoms with E-state index in [1.807, 2.05) is 6.92 Å². The fourth-order valence-corrected chi connectivity index (χ4v) is 4.95. The Kier molecular flexibility index (Phi) is 7.35. The van der Waals surface area contributed by atoms with Crippen LogP contribution in [-0.2, 0) is 4.79 Å². The topological polar surface area (TPSA) is 154 Å². The molecule has 2 heterocycles. The summed E-state index contributed by atoms with van der Waals surface area (Å²) in [7, 11) is 0. The van der Waals surface area contributed by atoms with E-state index in [4.69, 9.17) is 20.6 Å². The van der Waals surface area contributed by atoms with Crippen molar-refractivity contribution in [3.05, 3.63) is 59.0 Å². The number of nitrogens with zero attached hydrogens (tertiary/aromatic N) is 2. The Balaban J connectivity index is 1.85. The van der Waals surface area contributed by atoms with Crippen molar-refractivity contribution >= 4 is 40.6 Å². The summed E-state index contributed by atoms with van der Waals surface area (Å²) in [6.07, 6.45) is 5.22. The number of nitrogens with one attached hydrogen (secondary N) is 1. The van der Waals surface area contributed by atoms with Crippen LogP contribution in [0.15, 0.2) is 47.1 Å². The van der Waals surface area contributed by atoms with E-state index in [-0.39, 0.29) is 28.1 Å². The Morgan fingerprint density at radius 3 is 2.60 bits per heavy atom. The second-order valence-electron chi connectivity index (χ2n) is 8.12. The number of carbonyl (C=O) groups excluding carboxylic acids is 3. The van der Waals surface area contributed by atoms with Gasteiger partial charge < -0.3 is 25.9 Å². The summed E-state index contributed by atoms with van der Waals surface area (Å²) in [6.45, 7) is 2.16. The molecule has 1 aliphatic rings. The quantitative estimate of drug-likeness (QED) is 0.410. The summed E-state index contributed by atoms with van der Waals surface area (Å²) < 4.78 is 15.4. The molecule has 35 heavy (non-hydrogen) atoms. The Bertz CT molecular complexity index is 1200. The van der Waals surface area contributed by atoms with E-state index < -0.39 is 23.8 Å². The van der Waals surface area contributed by atoms with Gasteiger partial charge >= 0.3 is 0 Å². The van der Waals surface area contributed by atoms with Gasteiger partial charge in [0.05, 0.1) is 24.2 Å². The number of hydrogen-bond acceptors (Lipinski definition) is 8. The Morgan fingerprint density at radius 1 is 1.23 bits per heavy atom. The summed E-state index contributed by atoms with van der Waals surface area (Å²) in [5.41, 5.74) is 11.5. The fraction of sp³-hybridized carbons (Fsp3) is 0.333. The summed E-state index contributed by atoms with van der Waals surface area (Å²) in [6, 6.07) is 9.00. The van der Waals surface area contributed by atoms with Crippen LogP contribution in [0.5, 0.6) is 5.75 Å². The Morgan fingerprint density at radius 2 is 1.97 bits per heavy atom. The molecule has 11 heteroatoms. The first-order chi connectivity index (χ1) is 16.9. The van der Waals surface area contributed by atoms with Crippen molar-refractivity contribution in [1.82, 2.24) is 9.69 Å². The molecule has 184 valence electrons. The highest BCUT2D eigenvalue weighted by Gasteiger charge is 2.39. The summed E-state index contributed by atoms with van der Waals surface area (Å²) in [5.74, 6) is -1.22. The third-order valence-corrected chi connectivity index (χ3v) is 6.67. The van der Waals surface area contributed by atoms with Gasteiger partial charge in [0.2, 0.25) is 0 Å². The molecule has 10 nitrogen and oxygen atoms in total. The monoisotopic (exact) mass is 497 g/mol. The number of primary amides is 1. The fourth-order valence-electron chi connectivity index (χ4n) is 4.21. The van der Waals surface area contributed by atoms with E-state index in [0.717, 1.165) is 37.2 Å². The number of carbonyl (C=O) groups is 3. The summed E-state index contributed by atoms with van der Waals surface area (Å²) >= 11 is 0.744. The van der Waals surface area contributed by atoms with Crippen molar-refractivity contribution in [1.29, 1.82) is 0 Å². The van der Waals surface area contributed by atoms with Gasteiger partial charge in [0.15, 0.2) is 11.7 Å². The summed E-state index contributed by atoms with van der Waals surface area (Å²) in [5, 5.41) is 3.06. The number of nitrogens with two attached hydrogens (primary N) is 2. The number of furan rings is 1. The zero-order valence-electron chi connectivity index (χ0n) is 19.2. The highest BCUT2D eigenvalue weighted by molar-refractivity contribution is 7.09. The van der Waals surface area contributed by atoms with E-state index in [1.54, 1.807) is 36.4 Å². The number of anilines is 2. The highest BCUT2D eigenvalue weighted by Crippen LogP contribution is 2.38. The zero-order chi connectivity index (χ0) is 24.9. The second kappa shape index (κ2) is 10.6. The van der Waals surface area contributed by atoms with Crippen LogP contribution in [-0.4, -0.2) is 34.7 Å². The zero-order valence-corrected chi connectivity index (χ0v) is 20.0. The van der Waals surface area contributed by atoms with Crippen LogP contribution in [0.3, 0.4) is 0 Å². The van der Waals surface area contributed by atoms with Crippen LogP contribution in [0, 0.1) is 0 Å². The van der Waals surface area contributed by atoms with E-state index in [9.17, 15) is 14.4 Å². The van der Waals surface area contributed by atoms with Crippen molar-refractivity contribution in [3.8, 4) is 5.75 Å². The minimum Gasteiger partial charge on any atom is -0.492 e. The Labute approximate surface area is 206 Å². The van der Waals surface area contributed by atoms with Crippen molar-refractivity contribution in [3.63, 3.8) is 0 Å². The normalized spacial score (nSPS) is 14.4. The van der Waals surface area contributed by atoms with Crippen molar-refractivity contribution in [2.24, 2.45) is 5.73 Å². The van der Waals surface area contributed by atoms with Gasteiger partial charge in [-0.1, -0.05) is 25.0 Å². The lowest BCUT2D eigenvalue weighted by molar-refractivity contribution is -0.123. The molecule has 0 spiro atoms. The van der Waals surface area contributed by atoms with E-state index in [0.29, 0.717) is 18.0 Å². The number of aromatic nitrogens is 1. The van der Waals surface area contributed by atoms with E-state index in [2.05, 4.69) is 9.69 Å². The van der Waals surface area contributed by atoms with Crippen LogP contribution in [0.4, 0.5) is 11.4 Å². The molecule has 0 aliphatic heterocycles. The lowest BCUT2D eigenvalue weighted by Crippen LogP contribution is -2.46. The van der Waals surface area contributed by atoms with Gasteiger partial charge in [-0.15, -0.1) is 0 Å². The first kappa shape index (κ1) is 24.3. The molecule has 5 N–H and O–H groups in total. The molecule has 0 radical (unpaired) electrons. The van der Waals surface area contributed by atoms with Crippen LogP contribution >= 0.6 is 11.5 Å². The second-order valence-corrected chi connectivity index (χ2v) is 8.90. The molecular formula is C24H27N5O5S. The standard InChI is InChI=1S/C24H27N5O5S/c1-2-33-16-11-6-5-10-15(16)29(24(32)21-18(25)19(22(26)30)28-35-21)20(17-12-7-13-34-17)23(31)27-14-8-3-4-9-14/h5-7,10-14,20H,2-4,8-9,25H2,1H3,(H2,26,30)(H,27,31)/t20-/m0/s1. The maximum atomic E-state index is 14.0. The number of para-hydroxylation sites is 2. The predicted molar refractivity (Wildman–Crippen MR) is 131 cm³/mol. The molecule has 3 amide bonds. The van der Waals surface area contributed by atoms with E-state index in [1.165, 1.54) is 11.2 Å². The number of rotatable bonds is 9. The van der Waals surface area contributed by atoms with Crippen LogP contribution < -0.4 is 26.4 Å². The predicted octanol–water partition coefficient (Wildman–Crippen LogP) is 3.26. The van der Waals surface area contributed by atoms with Gasteiger partial charge in [-0.2, -0.15) is 4.37 Å². The molecule has 0 bridgehead atoms. The first-order valence-corrected chi connectivity index (χ1v) is 12.1. The number of ether oxygens (including phenoxy) is 1. The minimum atomic E-state index is -1.17. The average molecular weight is 498 g/mol. The van der Waals surface area contributed by atoms with Gasteiger partial charge in [0.1, 0.15) is 16.4 Å². The number of nitrogen functional groups attached to an aromatic ring is 1. The summed E-state index contributed by atoms with van der Waals surface area (Å²) in [4.78, 5) is 40.7. The molecule has 1 aliphatic carbocycles. The molecule has 1 fully saturated rings. The van der Waals surface area contributed by atoms with Gasteiger partial charge in [0.25, 0.3) is 17.7 Å². The first-order valence-electron chi connectivity index (χ1n) is 11.4. The van der Waals surface area contributed by atoms with Gasteiger partial charge in [-0.3, -0.25) is 19.3 Å². The Hall–Kier alpha value is -3.86. The molecule has 3 aromatic rings. The molecule has 0 saturated heterocycles. The number of amides is 3. The third-order valence-electron chi connectivity index (χ3n) is 5.82. The molecular weight excluding hydrogens is 470 g/mol. The largest absolute Gasteiger partial charge is 0.492 e. The smallest absolute Gasteiger partial charge is 0.273 e. The molecule has 4 rings (SSSR count). The van der Waals surface area contributed by atoms with Crippen molar-refractivity contribution in [2.75, 3.05) is 17.2 Å². The molecule has 1 saturated carbocycles. The van der Waals surface area contributed by atoms with Crippen LogP contribution in [0.1, 0.15) is 64.6 Å². The van der Waals surface area contributed by atoms with Crippen LogP contribution in [0.25, 0.3) is 0 Å². The third kappa shape index (κ3) is 4.99. The number of hydrogen-bond donors (Lipinski definition) is 3. The lowest BCUT2D eigenvalue weighted by Gasteiger charge is -2.31.